The van der Waals surface area contributed by atoms with Gasteiger partial charge >= 0.3 is 0 Å². The molecule has 2 bridgehead atoms. The number of thiophene rings is 1. The molecule has 2 fully saturated rings. The first-order valence-corrected chi connectivity index (χ1v) is 10.5. The largest absolute Gasteiger partial charge is 0.373 e. The topological polar surface area (TPSA) is 91.8 Å². The fourth-order valence-electron chi connectivity index (χ4n) is 3.04. The van der Waals surface area contributed by atoms with Crippen molar-refractivity contribution in [1.82, 2.24) is 15.4 Å². The van der Waals surface area contributed by atoms with E-state index in [0.717, 1.165) is 30.6 Å². The lowest BCUT2D eigenvalue weighted by molar-refractivity contribution is 0.0992. The van der Waals surface area contributed by atoms with Gasteiger partial charge in [-0.15, -0.1) is 35.3 Å². The zero-order valence-electron chi connectivity index (χ0n) is 13.7. The van der Waals surface area contributed by atoms with Crippen molar-refractivity contribution in [2.45, 2.75) is 41.7 Å². The van der Waals surface area contributed by atoms with Gasteiger partial charge in [0.15, 0.2) is 5.96 Å². The summed E-state index contributed by atoms with van der Waals surface area (Å²) in [5, 5.41) is 6.47. The second-order valence-corrected chi connectivity index (χ2v) is 9.52. The van der Waals surface area contributed by atoms with Gasteiger partial charge in [-0.1, -0.05) is 11.6 Å². The minimum atomic E-state index is -3.51. The third-order valence-electron chi connectivity index (χ3n) is 4.17. The number of hydrogen-bond donors (Lipinski definition) is 3. The van der Waals surface area contributed by atoms with Crippen LogP contribution in [0.3, 0.4) is 0 Å². The predicted octanol–water partition coefficient (Wildman–Crippen LogP) is 1.78. The Kier molecular flexibility index (Phi) is 7.77. The Morgan fingerprint density at radius 1 is 1.40 bits per heavy atom. The Labute approximate surface area is 174 Å². The zero-order valence-corrected chi connectivity index (χ0v) is 18.4. The van der Waals surface area contributed by atoms with Gasteiger partial charge < -0.3 is 15.4 Å². The van der Waals surface area contributed by atoms with Crippen molar-refractivity contribution in [3.05, 3.63) is 16.5 Å². The second-order valence-electron chi connectivity index (χ2n) is 5.82. The number of ether oxygens (including phenoxy) is 1. The molecule has 2 aliphatic rings. The van der Waals surface area contributed by atoms with E-state index in [2.05, 4.69) is 20.3 Å². The van der Waals surface area contributed by atoms with Crippen LogP contribution in [0.4, 0.5) is 0 Å². The summed E-state index contributed by atoms with van der Waals surface area (Å²) in [6.07, 6.45) is 3.86. The minimum Gasteiger partial charge on any atom is -0.373 e. The van der Waals surface area contributed by atoms with Crippen molar-refractivity contribution >= 4 is 62.9 Å². The van der Waals surface area contributed by atoms with Gasteiger partial charge in [-0.2, -0.15) is 0 Å². The van der Waals surface area contributed by atoms with Crippen LogP contribution in [0.15, 0.2) is 21.3 Å². The predicted molar refractivity (Wildman–Crippen MR) is 111 cm³/mol. The van der Waals surface area contributed by atoms with E-state index in [1.165, 1.54) is 6.07 Å². The second kappa shape index (κ2) is 9.18. The average Bonchev–Trinajstić information content (AvgIpc) is 3.27. The highest BCUT2D eigenvalue weighted by Gasteiger charge is 2.41. The van der Waals surface area contributed by atoms with Gasteiger partial charge in [-0.3, -0.25) is 4.99 Å². The maximum absolute atomic E-state index is 12.1. The molecule has 2 saturated heterocycles. The first kappa shape index (κ1) is 21.2. The molecule has 3 N–H and O–H groups in total. The van der Waals surface area contributed by atoms with Crippen molar-refractivity contribution < 1.29 is 13.2 Å². The third kappa shape index (κ3) is 5.42. The Hall–Kier alpha value is -0.140. The Morgan fingerprint density at radius 3 is 2.76 bits per heavy atom. The highest BCUT2D eigenvalue weighted by molar-refractivity contribution is 14.0. The molecule has 3 heterocycles. The fraction of sp³-hybridized carbons (Fsp3) is 0.643. The van der Waals surface area contributed by atoms with Crippen molar-refractivity contribution in [2.24, 2.45) is 4.99 Å². The molecule has 1 aromatic heterocycles. The molecule has 0 spiro atoms. The quantitative estimate of drug-likeness (QED) is 0.230. The molecule has 142 valence electrons. The summed E-state index contributed by atoms with van der Waals surface area (Å²) in [6, 6.07) is 3.35. The molecule has 3 rings (SSSR count). The third-order valence-corrected chi connectivity index (χ3v) is 7.36. The molecule has 0 saturated carbocycles. The monoisotopic (exact) mass is 520 g/mol. The molecule has 2 aliphatic heterocycles. The molecule has 0 aromatic carbocycles. The van der Waals surface area contributed by atoms with Crippen LogP contribution in [-0.4, -0.2) is 52.8 Å². The molecule has 0 amide bonds. The number of halogens is 2. The standard InChI is InChI=1S/C14H21ClN4O3S2.HI/c1-16-14(19-10-8-9-2-3-11(10)22-9)17-6-7-18-24(20,21)13-5-4-12(15)23-13;/h4-5,9-11,18H,2-3,6-8H2,1H3,(H2,16,17,19);1H. The SMILES string of the molecule is CN=C(NCCNS(=O)(=O)c1ccc(Cl)s1)NC1CC2CCC1O2.I. The lowest BCUT2D eigenvalue weighted by atomic mass is 9.96. The smallest absolute Gasteiger partial charge is 0.250 e. The number of sulfonamides is 1. The zero-order chi connectivity index (χ0) is 17.2. The molecule has 3 atom stereocenters. The molecule has 7 nitrogen and oxygen atoms in total. The van der Waals surface area contributed by atoms with Gasteiger partial charge in [0.05, 0.1) is 22.6 Å². The maximum Gasteiger partial charge on any atom is 0.250 e. The van der Waals surface area contributed by atoms with E-state index >= 15 is 0 Å². The summed E-state index contributed by atoms with van der Waals surface area (Å²) in [4.78, 5) is 4.18. The average molecular weight is 521 g/mol. The van der Waals surface area contributed by atoms with Crippen LogP contribution in [0.5, 0.6) is 0 Å². The van der Waals surface area contributed by atoms with Crippen LogP contribution in [-0.2, 0) is 14.8 Å². The van der Waals surface area contributed by atoms with E-state index in [1.54, 1.807) is 13.1 Å². The highest BCUT2D eigenvalue weighted by atomic mass is 127. The lowest BCUT2D eigenvalue weighted by Gasteiger charge is -2.22. The van der Waals surface area contributed by atoms with E-state index in [4.69, 9.17) is 16.3 Å². The van der Waals surface area contributed by atoms with E-state index in [1.807, 2.05) is 0 Å². The van der Waals surface area contributed by atoms with Crippen LogP contribution in [0.1, 0.15) is 19.3 Å². The first-order valence-electron chi connectivity index (χ1n) is 7.85. The summed E-state index contributed by atoms with van der Waals surface area (Å²) < 4.78 is 33.2. The molecular weight excluding hydrogens is 499 g/mol. The number of nitrogens with one attached hydrogen (secondary N) is 3. The van der Waals surface area contributed by atoms with E-state index in [0.29, 0.717) is 22.9 Å². The van der Waals surface area contributed by atoms with E-state index < -0.39 is 10.0 Å². The van der Waals surface area contributed by atoms with Crippen LogP contribution in [0.2, 0.25) is 4.34 Å². The lowest BCUT2D eigenvalue weighted by Crippen LogP contribution is -2.48. The van der Waals surface area contributed by atoms with E-state index in [-0.39, 0.29) is 46.9 Å². The summed E-state index contributed by atoms with van der Waals surface area (Å²) in [6.45, 7) is 0.686. The molecule has 25 heavy (non-hydrogen) atoms. The van der Waals surface area contributed by atoms with Gasteiger partial charge in [0.1, 0.15) is 4.21 Å². The Morgan fingerprint density at radius 2 is 2.20 bits per heavy atom. The number of rotatable bonds is 6. The van der Waals surface area contributed by atoms with Gasteiger partial charge in [0.25, 0.3) is 0 Å². The van der Waals surface area contributed by atoms with Crippen molar-refractivity contribution in [2.75, 3.05) is 20.1 Å². The number of fused-ring (bicyclic) bond motifs is 2. The molecule has 0 radical (unpaired) electrons. The first-order chi connectivity index (χ1) is 11.5. The number of nitrogens with zero attached hydrogens (tertiary/aromatic N) is 1. The minimum absolute atomic E-state index is 0. The van der Waals surface area contributed by atoms with Crippen molar-refractivity contribution in [3.8, 4) is 0 Å². The fourth-order valence-corrected chi connectivity index (χ4v) is 5.60. The summed E-state index contributed by atoms with van der Waals surface area (Å²) in [5.74, 6) is 0.662. The van der Waals surface area contributed by atoms with Gasteiger partial charge in [0.2, 0.25) is 10.0 Å². The number of guanidine groups is 1. The summed E-state index contributed by atoms with van der Waals surface area (Å²) in [5.41, 5.74) is 0. The molecule has 11 heteroatoms. The Bertz CT molecular complexity index is 713. The molecular formula is C14H22ClIN4O3S2. The molecule has 0 aliphatic carbocycles. The van der Waals surface area contributed by atoms with Crippen LogP contribution in [0.25, 0.3) is 0 Å². The molecule has 3 unspecified atom stereocenters. The van der Waals surface area contributed by atoms with Gasteiger partial charge in [-0.05, 0) is 31.4 Å². The Balaban J connectivity index is 0.00000225. The maximum atomic E-state index is 12.1. The van der Waals surface area contributed by atoms with Crippen LogP contribution in [0, 0.1) is 0 Å². The highest BCUT2D eigenvalue weighted by Crippen LogP contribution is 2.34. The normalized spacial score (nSPS) is 25.7. The van der Waals surface area contributed by atoms with Crippen LogP contribution >= 0.6 is 46.9 Å². The van der Waals surface area contributed by atoms with Crippen molar-refractivity contribution in [1.29, 1.82) is 0 Å². The molecule has 1 aromatic rings. The number of aliphatic imine (C=N–C) groups is 1. The van der Waals surface area contributed by atoms with Gasteiger partial charge in [0, 0.05) is 20.1 Å². The van der Waals surface area contributed by atoms with E-state index in [9.17, 15) is 8.42 Å². The number of hydrogen-bond acceptors (Lipinski definition) is 5. The van der Waals surface area contributed by atoms with Crippen LogP contribution < -0.4 is 15.4 Å². The summed E-state index contributed by atoms with van der Waals surface area (Å²) >= 11 is 6.81. The summed E-state index contributed by atoms with van der Waals surface area (Å²) in [7, 11) is -1.81. The van der Waals surface area contributed by atoms with Crippen molar-refractivity contribution in [3.63, 3.8) is 0 Å². The van der Waals surface area contributed by atoms with Gasteiger partial charge in [-0.25, -0.2) is 13.1 Å².